The molecule has 0 fully saturated rings. The first-order valence-electron chi connectivity index (χ1n) is 1.64. The molecular formula is C4H6Cl2Sb6Zr. The third-order valence-corrected chi connectivity index (χ3v) is 0. The van der Waals surface area contributed by atoms with Crippen LogP contribution in [0.25, 0.3) is 0 Å². The minimum Gasteiger partial charge on any atom is 4.00 e. The van der Waals surface area contributed by atoms with Crippen molar-refractivity contribution in [3.63, 3.8) is 0 Å². The molecule has 9 heteroatoms. The Hall–Kier alpha value is 5.85. The first-order chi connectivity index (χ1) is 4.83. The second-order valence-corrected chi connectivity index (χ2v) is 2.24. The van der Waals surface area contributed by atoms with Gasteiger partial charge in [0.05, 0.1) is 0 Å². The van der Waals surface area contributed by atoms with E-state index in [-0.39, 0.29) is 51.0 Å². The Morgan fingerprint density at radius 3 is 0.769 bits per heavy atom. The molecule has 0 spiro atoms. The van der Waals surface area contributed by atoms with Gasteiger partial charge in [-0.15, -0.1) is 0 Å². The Balaban J connectivity index is -0.00000000698. The van der Waals surface area contributed by atoms with Gasteiger partial charge in [-0.3, -0.25) is 0 Å². The maximum atomic E-state index is 4.76. The van der Waals surface area contributed by atoms with Crippen molar-refractivity contribution in [2.24, 2.45) is 0 Å². The van der Waals surface area contributed by atoms with E-state index in [0.717, 1.165) is 0 Å². The van der Waals surface area contributed by atoms with E-state index in [1.54, 1.807) is 81.0 Å². The second-order valence-electron chi connectivity index (χ2n) is 0.333. The van der Waals surface area contributed by atoms with Gasteiger partial charge in [0.2, 0.25) is 0 Å². The minimum absolute atomic E-state index is 0. The number of rotatable bonds is 0. The van der Waals surface area contributed by atoms with E-state index in [1.807, 2.05) is 0 Å². The summed E-state index contributed by atoms with van der Waals surface area (Å²) in [7, 11) is 0. The van der Waals surface area contributed by atoms with Crippen molar-refractivity contribution in [3.05, 3.63) is 21.2 Å². The van der Waals surface area contributed by atoms with E-state index in [4.69, 9.17) is 13.2 Å². The first kappa shape index (κ1) is 42.8. The number of halogens is 2. The van der Waals surface area contributed by atoms with E-state index in [1.165, 1.54) is 46.0 Å². The normalized spacial score (nSPS) is 2.62. The van der Waals surface area contributed by atoms with Gasteiger partial charge in [0.1, 0.15) is 0 Å². The van der Waals surface area contributed by atoms with Crippen LogP contribution in [0, 0.1) is 13.2 Å². The summed E-state index contributed by atoms with van der Waals surface area (Å²) < 4.78 is 3.18. The van der Waals surface area contributed by atoms with Crippen LogP contribution in [0.2, 0.25) is 0 Å². The summed E-state index contributed by atoms with van der Waals surface area (Å²) >= 11 is 9.78. The molecule has 0 aliphatic rings. The average Bonchev–Trinajstić information content (AvgIpc) is 1.99. The van der Waals surface area contributed by atoms with Gasteiger partial charge in [-0.1, -0.05) is 0 Å². The SMILES string of the molecule is [CH-]=[CH][SbH].[CH-]=[CH][SbH].[Cl-].[Cl-].[Sb]=[Sb].[Sb]=[Sb].[Zr+4]. The molecule has 6 radical (unpaired) electrons. The molecule has 13 heavy (non-hydrogen) atoms. The second kappa shape index (κ2) is 82.2. The predicted molar refractivity (Wildman–Crippen MR) is 55.1 cm³/mol. The summed E-state index contributed by atoms with van der Waals surface area (Å²) in [5.41, 5.74) is 0. The van der Waals surface area contributed by atoms with Crippen molar-refractivity contribution in [2.75, 3.05) is 0 Å². The fourth-order valence-corrected chi connectivity index (χ4v) is 0. The third-order valence-electron chi connectivity index (χ3n) is 0. The van der Waals surface area contributed by atoms with Gasteiger partial charge in [-0.25, -0.2) is 0 Å². The van der Waals surface area contributed by atoms with Crippen molar-refractivity contribution in [3.8, 4) is 0 Å². The molecule has 0 nitrogen and oxygen atoms in total. The zero-order valence-corrected chi connectivity index (χ0v) is 26.2. The average molecular weight is 947 g/mol. The zero-order chi connectivity index (χ0) is 9.41. The Labute approximate surface area is 186 Å². The maximum Gasteiger partial charge on any atom is 4.00 e. The first-order valence-corrected chi connectivity index (χ1v) is 22.5. The summed E-state index contributed by atoms with van der Waals surface area (Å²) in [6, 6.07) is 0. The summed E-state index contributed by atoms with van der Waals surface area (Å²) in [4.78, 5) is 0. The largest absolute Gasteiger partial charge is 4.00 e. The quantitative estimate of drug-likeness (QED) is 0.168. The van der Waals surface area contributed by atoms with Crippen LogP contribution in [0.5, 0.6) is 0 Å². The fraction of sp³-hybridized carbons (Fsp3) is 0. The van der Waals surface area contributed by atoms with Crippen molar-refractivity contribution in [2.45, 2.75) is 0 Å². The van der Waals surface area contributed by atoms with Crippen LogP contribution in [0.1, 0.15) is 0 Å². The van der Waals surface area contributed by atoms with Gasteiger partial charge in [-0.05, 0) is 0 Å². The molecule has 0 saturated carbocycles. The van der Waals surface area contributed by atoms with Gasteiger partial charge in [-0.2, -0.15) is 0 Å². The predicted octanol–water partition coefficient (Wildman–Crippen LogP) is -7.85. The van der Waals surface area contributed by atoms with Crippen LogP contribution < -0.4 is 24.8 Å². The van der Waals surface area contributed by atoms with E-state index in [2.05, 4.69) is 0 Å². The van der Waals surface area contributed by atoms with Gasteiger partial charge in [0.15, 0.2) is 0 Å². The van der Waals surface area contributed by atoms with Gasteiger partial charge in [0, 0.05) is 0 Å². The van der Waals surface area contributed by atoms with Gasteiger partial charge in [0.25, 0.3) is 0 Å². The van der Waals surface area contributed by atoms with Crippen molar-refractivity contribution < 1.29 is 51.0 Å². The molecule has 0 atom stereocenters. The van der Waals surface area contributed by atoms with E-state index in [0.29, 0.717) is 0 Å². The Morgan fingerprint density at radius 1 is 0.769 bits per heavy atom. The van der Waals surface area contributed by atoms with Crippen LogP contribution >= 0.6 is 0 Å². The van der Waals surface area contributed by atoms with Crippen molar-refractivity contribution >= 4 is 119 Å². The topological polar surface area (TPSA) is 0 Å². The summed E-state index contributed by atoms with van der Waals surface area (Å²) in [5, 5.41) is 0. The van der Waals surface area contributed by atoms with Crippen LogP contribution in [0.4, 0.5) is 0 Å². The molecule has 0 rings (SSSR count). The van der Waals surface area contributed by atoms with Crippen LogP contribution in [0.15, 0.2) is 8.05 Å². The summed E-state index contributed by atoms with van der Waals surface area (Å²) in [6.07, 6.45) is 0. The van der Waals surface area contributed by atoms with E-state index >= 15 is 0 Å². The Bertz CT molecular complexity index is 58.6. The fourth-order valence-electron chi connectivity index (χ4n) is 0. The molecule has 0 heterocycles. The van der Waals surface area contributed by atoms with Crippen LogP contribution in [-0.2, 0) is 26.2 Å². The van der Waals surface area contributed by atoms with Crippen molar-refractivity contribution in [1.82, 2.24) is 0 Å². The molecule has 0 aliphatic carbocycles. The molecule has 0 N–H and O–H groups in total. The molecule has 70 valence electrons. The smallest absolute Gasteiger partial charge is 4.00 e. The van der Waals surface area contributed by atoms with Gasteiger partial charge >= 0.3 is 166 Å². The van der Waals surface area contributed by atoms with E-state index < -0.39 is 0 Å². The third kappa shape index (κ3) is 131. The Kier molecular flexibility index (Phi) is 271. The number of hydrogen-bond acceptors (Lipinski definition) is 0. The van der Waals surface area contributed by atoms with Crippen molar-refractivity contribution in [1.29, 1.82) is 0 Å². The number of hydrogen-bond donors (Lipinski definition) is 0. The summed E-state index contributed by atoms with van der Waals surface area (Å²) in [6.45, 7) is 9.52. The maximum absolute atomic E-state index is 4.76. The summed E-state index contributed by atoms with van der Waals surface area (Å²) in [5.74, 6) is 0. The van der Waals surface area contributed by atoms with Gasteiger partial charge < -0.3 is 24.8 Å². The molecule has 0 aromatic heterocycles. The molecule has 0 unspecified atom stereocenters. The molecule has 0 aromatic carbocycles. The molecule has 0 amide bonds. The molecule has 0 aliphatic heterocycles. The monoisotopic (exact) mass is 939 g/mol. The molecular weight excluding hydrogens is 941 g/mol. The Morgan fingerprint density at radius 2 is 0.769 bits per heavy atom. The van der Waals surface area contributed by atoms with Crippen LogP contribution in [-0.4, -0.2) is 119 Å². The molecule has 0 saturated heterocycles. The zero-order valence-electron chi connectivity index (χ0n) is 6.35. The molecule has 0 aromatic rings. The molecule has 0 bridgehead atoms. The standard InChI is InChI=1S/2C2H2.2ClH.6Sb.Zr.2H/c2*1-2;;;;;;;;;;;/h2*1-2H;2*1H;;;;;;;;;/q2*-1;;;;;;;;;+4;;/p-2. The minimum atomic E-state index is 0. The van der Waals surface area contributed by atoms with Crippen LogP contribution in [0.3, 0.4) is 0 Å². The van der Waals surface area contributed by atoms with E-state index in [9.17, 15) is 0 Å².